The second-order valence-corrected chi connectivity index (χ2v) is 7.82. The quantitative estimate of drug-likeness (QED) is 0.580. The molecule has 0 heterocycles. The number of amides is 2. The van der Waals surface area contributed by atoms with Crippen LogP contribution in [0.25, 0.3) is 0 Å². The number of carbonyl (C=O) groups is 2. The highest BCUT2D eigenvalue weighted by Gasteiger charge is 2.13. The van der Waals surface area contributed by atoms with E-state index in [0.29, 0.717) is 44.1 Å². The van der Waals surface area contributed by atoms with E-state index in [0.717, 1.165) is 0 Å². The Bertz CT molecular complexity index is 840. The molecule has 0 aliphatic rings. The molecule has 2 aromatic carbocycles. The third kappa shape index (κ3) is 5.97. The molecule has 0 radical (unpaired) electrons. The fourth-order valence-corrected chi connectivity index (χ4v) is 3.11. The van der Waals surface area contributed by atoms with E-state index < -0.39 is 11.8 Å². The molecule has 0 bridgehead atoms. The van der Waals surface area contributed by atoms with Gasteiger partial charge in [0.05, 0.1) is 22.7 Å². The highest BCUT2D eigenvalue weighted by atomic mass is 79.9. The van der Waals surface area contributed by atoms with Gasteiger partial charge in [-0.05, 0) is 74.2 Å². The number of benzene rings is 2. The van der Waals surface area contributed by atoms with Crippen LogP contribution < -0.4 is 20.3 Å². The van der Waals surface area contributed by atoms with E-state index in [1.807, 2.05) is 0 Å². The van der Waals surface area contributed by atoms with E-state index in [9.17, 15) is 9.59 Å². The molecule has 8 heteroatoms. The van der Waals surface area contributed by atoms with E-state index in [1.165, 1.54) is 7.11 Å². The molecule has 144 valence electrons. The molecule has 0 fully saturated rings. The first kappa shape index (κ1) is 21.2. The van der Waals surface area contributed by atoms with Gasteiger partial charge < -0.3 is 9.47 Å². The molecule has 0 saturated heterocycles. The highest BCUT2D eigenvalue weighted by molar-refractivity contribution is 9.10. The second kappa shape index (κ2) is 9.75. The fraction of sp³-hybridized carbons (Fsp3) is 0.263. The van der Waals surface area contributed by atoms with E-state index in [1.54, 1.807) is 36.4 Å². The van der Waals surface area contributed by atoms with Gasteiger partial charge in [-0.2, -0.15) is 0 Å². The summed E-state index contributed by atoms with van der Waals surface area (Å²) in [5.74, 6) is 0.787. The molecule has 0 aliphatic carbocycles. The molecule has 2 amide bonds. The van der Waals surface area contributed by atoms with Crippen molar-refractivity contribution in [2.75, 3.05) is 13.7 Å². The summed E-state index contributed by atoms with van der Waals surface area (Å²) in [6.45, 7) is 4.69. The smallest absolute Gasteiger partial charge is 0.269 e. The van der Waals surface area contributed by atoms with Crippen molar-refractivity contribution >= 4 is 43.7 Å². The molecule has 6 nitrogen and oxygen atoms in total. The summed E-state index contributed by atoms with van der Waals surface area (Å²) in [6.07, 6.45) is 0. The Morgan fingerprint density at radius 1 is 0.926 bits per heavy atom. The molecule has 0 unspecified atom stereocenters. The van der Waals surface area contributed by atoms with Gasteiger partial charge in [-0.1, -0.05) is 13.8 Å². The SMILES string of the molecule is COc1ccc(C(=O)NNC(=O)c2ccc(OCC(C)C)c(Br)c2)cc1Br. The van der Waals surface area contributed by atoms with E-state index in [-0.39, 0.29) is 0 Å². The van der Waals surface area contributed by atoms with Crippen LogP contribution >= 0.6 is 31.9 Å². The summed E-state index contributed by atoms with van der Waals surface area (Å²) in [5, 5.41) is 0. The van der Waals surface area contributed by atoms with Crippen LogP contribution in [0.5, 0.6) is 11.5 Å². The lowest BCUT2D eigenvalue weighted by molar-refractivity contribution is 0.0846. The Morgan fingerprint density at radius 3 is 1.81 bits per heavy atom. The normalized spacial score (nSPS) is 10.4. The predicted octanol–water partition coefficient (Wildman–Crippen LogP) is 4.33. The van der Waals surface area contributed by atoms with Crippen molar-refractivity contribution in [1.82, 2.24) is 10.9 Å². The monoisotopic (exact) mass is 498 g/mol. The van der Waals surface area contributed by atoms with Gasteiger partial charge in [0.2, 0.25) is 0 Å². The van der Waals surface area contributed by atoms with Gasteiger partial charge in [0.1, 0.15) is 11.5 Å². The summed E-state index contributed by atoms with van der Waals surface area (Å²) in [6, 6.07) is 9.85. The maximum atomic E-state index is 12.3. The van der Waals surface area contributed by atoms with Crippen LogP contribution in [-0.4, -0.2) is 25.5 Å². The third-order valence-corrected chi connectivity index (χ3v) is 4.71. The van der Waals surface area contributed by atoms with Crippen molar-refractivity contribution in [2.24, 2.45) is 5.92 Å². The minimum Gasteiger partial charge on any atom is -0.496 e. The van der Waals surface area contributed by atoms with Crippen molar-refractivity contribution in [3.05, 3.63) is 56.5 Å². The third-order valence-electron chi connectivity index (χ3n) is 3.47. The molecule has 0 aliphatic heterocycles. The lowest BCUT2D eigenvalue weighted by Crippen LogP contribution is -2.41. The molecular formula is C19H20Br2N2O4. The minimum atomic E-state index is -0.442. The average molecular weight is 500 g/mol. The predicted molar refractivity (Wildman–Crippen MR) is 110 cm³/mol. The lowest BCUT2D eigenvalue weighted by Gasteiger charge is -2.12. The molecule has 27 heavy (non-hydrogen) atoms. The van der Waals surface area contributed by atoms with Crippen molar-refractivity contribution in [3.8, 4) is 11.5 Å². The molecule has 2 N–H and O–H groups in total. The van der Waals surface area contributed by atoms with Gasteiger partial charge in [-0.15, -0.1) is 0 Å². The molecule has 2 aromatic rings. The van der Waals surface area contributed by atoms with Crippen molar-refractivity contribution < 1.29 is 19.1 Å². The number of carbonyl (C=O) groups excluding carboxylic acids is 2. The standard InChI is InChI=1S/C19H20Br2N2O4/c1-11(2)10-27-17-7-5-13(9-15(17)21)19(25)23-22-18(24)12-4-6-16(26-3)14(20)8-12/h4-9,11H,10H2,1-3H3,(H,22,24)(H,23,25). The summed E-state index contributed by atoms with van der Waals surface area (Å²) >= 11 is 6.71. The maximum absolute atomic E-state index is 12.3. The Kier molecular flexibility index (Phi) is 7.67. The van der Waals surface area contributed by atoms with Crippen LogP contribution in [0.3, 0.4) is 0 Å². The first-order valence-corrected chi connectivity index (χ1v) is 9.77. The zero-order valence-electron chi connectivity index (χ0n) is 15.1. The second-order valence-electron chi connectivity index (χ2n) is 6.11. The van der Waals surface area contributed by atoms with Gasteiger partial charge >= 0.3 is 0 Å². The Morgan fingerprint density at radius 2 is 1.41 bits per heavy atom. The molecule has 2 rings (SSSR count). The highest BCUT2D eigenvalue weighted by Crippen LogP contribution is 2.27. The van der Waals surface area contributed by atoms with Crippen molar-refractivity contribution in [3.63, 3.8) is 0 Å². The van der Waals surface area contributed by atoms with Gasteiger partial charge in [-0.3, -0.25) is 20.4 Å². The number of methoxy groups -OCH3 is 1. The Hall–Kier alpha value is -2.06. The summed E-state index contributed by atoms with van der Waals surface area (Å²) in [4.78, 5) is 24.4. The van der Waals surface area contributed by atoms with Gasteiger partial charge in [0.15, 0.2) is 0 Å². The van der Waals surface area contributed by atoms with Crippen LogP contribution in [0.2, 0.25) is 0 Å². The number of halogens is 2. The average Bonchev–Trinajstić information content (AvgIpc) is 2.64. The summed E-state index contributed by atoms with van der Waals surface area (Å²) in [5.41, 5.74) is 5.55. The Labute approximate surface area is 174 Å². The number of ether oxygens (including phenoxy) is 2. The van der Waals surface area contributed by atoms with E-state index in [4.69, 9.17) is 9.47 Å². The zero-order valence-corrected chi connectivity index (χ0v) is 18.3. The number of hydrogen-bond donors (Lipinski definition) is 2. The minimum absolute atomic E-state index is 0.376. The van der Waals surface area contributed by atoms with Crippen molar-refractivity contribution in [2.45, 2.75) is 13.8 Å². The zero-order chi connectivity index (χ0) is 20.0. The van der Waals surface area contributed by atoms with Crippen LogP contribution in [0.15, 0.2) is 45.3 Å². The van der Waals surface area contributed by atoms with Crippen LogP contribution in [0, 0.1) is 5.92 Å². The fourth-order valence-electron chi connectivity index (χ4n) is 2.08. The number of hydrogen-bond acceptors (Lipinski definition) is 4. The molecule has 0 aromatic heterocycles. The number of nitrogens with one attached hydrogen (secondary N) is 2. The van der Waals surface area contributed by atoms with Crippen LogP contribution in [0.1, 0.15) is 34.6 Å². The first-order valence-electron chi connectivity index (χ1n) is 8.18. The summed E-state index contributed by atoms with van der Waals surface area (Å²) in [7, 11) is 1.54. The maximum Gasteiger partial charge on any atom is 0.269 e. The molecule has 0 saturated carbocycles. The Balaban J connectivity index is 1.97. The van der Waals surface area contributed by atoms with E-state index in [2.05, 4.69) is 56.6 Å². The van der Waals surface area contributed by atoms with E-state index >= 15 is 0 Å². The topological polar surface area (TPSA) is 76.7 Å². The number of hydrazine groups is 1. The largest absolute Gasteiger partial charge is 0.496 e. The molecular weight excluding hydrogens is 480 g/mol. The van der Waals surface area contributed by atoms with Gasteiger partial charge in [-0.25, -0.2) is 0 Å². The lowest BCUT2D eigenvalue weighted by atomic mass is 10.2. The van der Waals surface area contributed by atoms with Gasteiger partial charge in [0.25, 0.3) is 11.8 Å². The summed E-state index contributed by atoms with van der Waals surface area (Å²) < 4.78 is 12.1. The molecule has 0 atom stereocenters. The molecule has 0 spiro atoms. The van der Waals surface area contributed by atoms with Crippen LogP contribution in [-0.2, 0) is 0 Å². The number of rotatable bonds is 6. The van der Waals surface area contributed by atoms with Gasteiger partial charge in [0, 0.05) is 11.1 Å². The van der Waals surface area contributed by atoms with Crippen molar-refractivity contribution in [1.29, 1.82) is 0 Å². The first-order chi connectivity index (χ1) is 12.8. The van der Waals surface area contributed by atoms with Crippen LogP contribution in [0.4, 0.5) is 0 Å².